The second-order valence-electron chi connectivity index (χ2n) is 7.59. The molecule has 1 saturated heterocycles. The van der Waals surface area contributed by atoms with Crippen molar-refractivity contribution in [3.8, 4) is 0 Å². The van der Waals surface area contributed by atoms with E-state index in [1.165, 1.54) is 0 Å². The molecule has 0 aromatic carbocycles. The van der Waals surface area contributed by atoms with Crippen molar-refractivity contribution >= 4 is 11.9 Å². The lowest BCUT2D eigenvalue weighted by atomic mass is 9.66. The van der Waals surface area contributed by atoms with E-state index in [0.29, 0.717) is 42.5 Å². The van der Waals surface area contributed by atoms with Gasteiger partial charge < -0.3 is 19.7 Å². The van der Waals surface area contributed by atoms with Gasteiger partial charge in [0.15, 0.2) is 5.69 Å². The van der Waals surface area contributed by atoms with Crippen molar-refractivity contribution in [1.82, 2.24) is 14.9 Å². The Morgan fingerprint density at radius 2 is 2.15 bits per heavy atom. The van der Waals surface area contributed by atoms with Gasteiger partial charge in [0, 0.05) is 18.8 Å². The highest BCUT2D eigenvalue weighted by Gasteiger charge is 2.42. The third-order valence-electron chi connectivity index (χ3n) is 5.95. The molecule has 7 heteroatoms. The number of piperidine rings is 1. The van der Waals surface area contributed by atoms with E-state index in [9.17, 15) is 14.7 Å². The van der Waals surface area contributed by atoms with Crippen LogP contribution < -0.4 is 5.32 Å². The maximum atomic E-state index is 11.7. The SMILES string of the molecule is CCOC(=O)c1cn(C[C@H]2CC[C@H]3C(CC)N[C@H](C(=O)O)C[C@H]3C2)cn1. The molecule has 0 spiro atoms. The van der Waals surface area contributed by atoms with Gasteiger partial charge in [-0.25, -0.2) is 9.78 Å². The first-order chi connectivity index (χ1) is 12.5. The van der Waals surface area contributed by atoms with Gasteiger partial charge in [-0.15, -0.1) is 0 Å². The molecule has 2 aliphatic rings. The monoisotopic (exact) mass is 363 g/mol. The van der Waals surface area contributed by atoms with Gasteiger partial charge in [-0.2, -0.15) is 0 Å². The number of nitrogens with one attached hydrogen (secondary N) is 1. The number of carboxylic acids is 1. The number of carboxylic acid groups (broad SMARTS) is 1. The van der Waals surface area contributed by atoms with Crippen molar-refractivity contribution in [3.63, 3.8) is 0 Å². The molecule has 3 rings (SSSR count). The number of aliphatic carboxylic acids is 1. The first-order valence-electron chi connectivity index (χ1n) is 9.69. The molecule has 7 nitrogen and oxygen atoms in total. The summed E-state index contributed by atoms with van der Waals surface area (Å²) in [6.07, 6.45) is 8.43. The standard InChI is InChI=1S/C19H29N3O4/c1-3-15-14-6-5-12(7-13(14)8-16(21-15)18(23)24)9-22-10-17(20-11-22)19(25)26-4-2/h10-16,21H,3-9H2,1-2H3,(H,23,24)/t12-,13+,14+,15?,16-/m0/s1. The van der Waals surface area contributed by atoms with E-state index in [1.807, 2.05) is 4.57 Å². The summed E-state index contributed by atoms with van der Waals surface area (Å²) in [5, 5.41) is 12.8. The minimum absolute atomic E-state index is 0.305. The number of aromatic nitrogens is 2. The zero-order valence-electron chi connectivity index (χ0n) is 15.6. The average molecular weight is 363 g/mol. The van der Waals surface area contributed by atoms with Crippen molar-refractivity contribution in [2.24, 2.45) is 17.8 Å². The van der Waals surface area contributed by atoms with Crippen LogP contribution in [0.4, 0.5) is 0 Å². The lowest BCUT2D eigenvalue weighted by Gasteiger charge is -2.46. The van der Waals surface area contributed by atoms with Gasteiger partial charge in [0.2, 0.25) is 0 Å². The number of imidazole rings is 1. The molecule has 1 unspecified atom stereocenters. The molecule has 0 amide bonds. The molecule has 0 radical (unpaired) electrons. The van der Waals surface area contributed by atoms with Crippen LogP contribution in [0.25, 0.3) is 0 Å². The van der Waals surface area contributed by atoms with Crippen LogP contribution in [0.3, 0.4) is 0 Å². The minimum Gasteiger partial charge on any atom is -0.480 e. The Labute approximate surface area is 154 Å². The zero-order chi connectivity index (χ0) is 18.7. The molecule has 1 aromatic rings. The molecule has 1 aliphatic carbocycles. The van der Waals surface area contributed by atoms with E-state index in [2.05, 4.69) is 17.2 Å². The van der Waals surface area contributed by atoms with E-state index in [-0.39, 0.29) is 5.97 Å². The van der Waals surface area contributed by atoms with Crippen LogP contribution in [-0.4, -0.2) is 45.3 Å². The Morgan fingerprint density at radius 1 is 1.35 bits per heavy atom. The Balaban J connectivity index is 1.62. The number of carbonyl (C=O) groups excluding carboxylic acids is 1. The van der Waals surface area contributed by atoms with Gasteiger partial charge in [0.25, 0.3) is 0 Å². The topological polar surface area (TPSA) is 93.5 Å². The van der Waals surface area contributed by atoms with Gasteiger partial charge in [-0.3, -0.25) is 4.79 Å². The number of carbonyl (C=O) groups is 2. The van der Waals surface area contributed by atoms with Gasteiger partial charge in [0.05, 0.1) is 12.9 Å². The van der Waals surface area contributed by atoms with Crippen LogP contribution in [0.5, 0.6) is 0 Å². The predicted molar refractivity (Wildman–Crippen MR) is 95.8 cm³/mol. The molecular weight excluding hydrogens is 334 g/mol. The van der Waals surface area contributed by atoms with Gasteiger partial charge in [-0.1, -0.05) is 6.92 Å². The molecule has 2 heterocycles. The predicted octanol–water partition coefficient (Wildman–Crippen LogP) is 2.32. The van der Waals surface area contributed by atoms with E-state index in [4.69, 9.17) is 4.74 Å². The van der Waals surface area contributed by atoms with E-state index >= 15 is 0 Å². The number of fused-ring (bicyclic) bond motifs is 1. The van der Waals surface area contributed by atoms with E-state index in [0.717, 1.165) is 32.2 Å². The molecule has 2 fully saturated rings. The van der Waals surface area contributed by atoms with Crippen molar-refractivity contribution in [2.45, 2.75) is 64.6 Å². The quantitative estimate of drug-likeness (QED) is 0.754. The van der Waals surface area contributed by atoms with Gasteiger partial charge in [-0.05, 0) is 56.8 Å². The molecule has 5 atom stereocenters. The van der Waals surface area contributed by atoms with Crippen LogP contribution in [-0.2, 0) is 16.1 Å². The second kappa shape index (κ2) is 8.20. The van der Waals surface area contributed by atoms with Crippen LogP contribution in [0.15, 0.2) is 12.5 Å². The molecule has 1 aliphatic heterocycles. The normalized spacial score (nSPS) is 31.2. The highest BCUT2D eigenvalue weighted by atomic mass is 16.5. The first-order valence-corrected chi connectivity index (χ1v) is 9.69. The Morgan fingerprint density at radius 3 is 2.85 bits per heavy atom. The maximum absolute atomic E-state index is 11.7. The molecule has 1 saturated carbocycles. The third kappa shape index (κ3) is 4.09. The Hall–Kier alpha value is -1.89. The number of rotatable bonds is 6. The lowest BCUT2D eigenvalue weighted by Crippen LogP contribution is -2.55. The number of hydrogen-bond acceptors (Lipinski definition) is 5. The van der Waals surface area contributed by atoms with Crippen molar-refractivity contribution < 1.29 is 19.4 Å². The summed E-state index contributed by atoms with van der Waals surface area (Å²) >= 11 is 0. The van der Waals surface area contributed by atoms with Crippen LogP contribution in [0.1, 0.15) is 56.4 Å². The summed E-state index contributed by atoms with van der Waals surface area (Å²) in [4.78, 5) is 27.4. The molecule has 1 aromatic heterocycles. The molecule has 0 bridgehead atoms. The maximum Gasteiger partial charge on any atom is 0.358 e. The first kappa shape index (κ1) is 18.9. The summed E-state index contributed by atoms with van der Waals surface area (Å²) < 4.78 is 6.95. The number of ether oxygens (including phenoxy) is 1. The number of hydrogen-bond donors (Lipinski definition) is 2. The van der Waals surface area contributed by atoms with Crippen LogP contribution in [0.2, 0.25) is 0 Å². The molecular formula is C19H29N3O4. The summed E-state index contributed by atoms with van der Waals surface area (Å²) in [7, 11) is 0. The smallest absolute Gasteiger partial charge is 0.358 e. The van der Waals surface area contributed by atoms with Crippen molar-refractivity contribution in [1.29, 1.82) is 0 Å². The highest BCUT2D eigenvalue weighted by Crippen LogP contribution is 2.42. The average Bonchev–Trinajstić information content (AvgIpc) is 3.09. The summed E-state index contributed by atoms with van der Waals surface area (Å²) in [6, 6.07) is -0.122. The van der Waals surface area contributed by atoms with Crippen molar-refractivity contribution in [2.75, 3.05) is 6.61 Å². The molecule has 26 heavy (non-hydrogen) atoms. The second-order valence-corrected chi connectivity index (χ2v) is 7.59. The van der Waals surface area contributed by atoms with E-state index < -0.39 is 12.0 Å². The largest absolute Gasteiger partial charge is 0.480 e. The summed E-state index contributed by atoms with van der Waals surface area (Å²) in [5.74, 6) is 0.394. The van der Waals surface area contributed by atoms with Crippen LogP contribution >= 0.6 is 0 Å². The fourth-order valence-electron chi connectivity index (χ4n) is 4.77. The van der Waals surface area contributed by atoms with Crippen LogP contribution in [0, 0.1) is 17.8 Å². The van der Waals surface area contributed by atoms with Gasteiger partial charge >= 0.3 is 11.9 Å². The highest BCUT2D eigenvalue weighted by molar-refractivity contribution is 5.86. The Bertz CT molecular complexity index is 644. The minimum atomic E-state index is -0.738. The van der Waals surface area contributed by atoms with Gasteiger partial charge in [0.1, 0.15) is 6.04 Å². The third-order valence-corrected chi connectivity index (χ3v) is 5.95. The number of nitrogens with zero attached hydrogens (tertiary/aromatic N) is 2. The van der Waals surface area contributed by atoms with E-state index in [1.54, 1.807) is 19.4 Å². The fraction of sp³-hybridized carbons (Fsp3) is 0.737. The Kier molecular flexibility index (Phi) is 5.96. The fourth-order valence-corrected chi connectivity index (χ4v) is 4.77. The number of esters is 1. The molecule has 144 valence electrons. The summed E-state index contributed by atoms with van der Waals surface area (Å²) in [5.41, 5.74) is 0.347. The lowest BCUT2D eigenvalue weighted by molar-refractivity contribution is -0.142. The van der Waals surface area contributed by atoms with Crippen molar-refractivity contribution in [3.05, 3.63) is 18.2 Å². The summed E-state index contributed by atoms with van der Waals surface area (Å²) in [6.45, 7) is 5.07. The molecule has 2 N–H and O–H groups in total. The zero-order valence-corrected chi connectivity index (χ0v) is 15.6.